The third kappa shape index (κ3) is 2.97. The van der Waals surface area contributed by atoms with Crippen LogP contribution in [0.3, 0.4) is 0 Å². The molecule has 2 heterocycles. The summed E-state index contributed by atoms with van der Waals surface area (Å²) in [7, 11) is 0. The summed E-state index contributed by atoms with van der Waals surface area (Å²) < 4.78 is 6.71. The van der Waals surface area contributed by atoms with Crippen molar-refractivity contribution in [2.45, 2.75) is 13.0 Å². The molecule has 21 heavy (non-hydrogen) atoms. The molecule has 0 spiro atoms. The van der Waals surface area contributed by atoms with E-state index in [-0.39, 0.29) is 0 Å². The summed E-state index contributed by atoms with van der Waals surface area (Å²) in [5.74, 6) is 1.50. The molecule has 0 atom stereocenters. The largest absolute Gasteiger partial charge is 0.493 e. The minimum Gasteiger partial charge on any atom is -0.493 e. The van der Waals surface area contributed by atoms with E-state index in [2.05, 4.69) is 32.3 Å². The molecule has 1 N–H and O–H groups in total. The standard InChI is InChI=1S/C15H11BrClN3O/c16-12-4-10-1-2-21-14(10)11(5-12)8-20-15-13(17)3-9(6-18)7-19-15/h3-5,7H,1-2,8H2,(H,19,20). The zero-order valence-corrected chi connectivity index (χ0v) is 13.3. The van der Waals surface area contributed by atoms with Crippen LogP contribution in [0.25, 0.3) is 0 Å². The highest BCUT2D eigenvalue weighted by Crippen LogP contribution is 2.33. The monoisotopic (exact) mass is 363 g/mol. The zero-order chi connectivity index (χ0) is 14.8. The van der Waals surface area contributed by atoms with Crippen molar-refractivity contribution < 1.29 is 4.74 Å². The molecule has 1 aromatic heterocycles. The first kappa shape index (κ1) is 14.2. The Morgan fingerprint density at radius 3 is 3.05 bits per heavy atom. The zero-order valence-electron chi connectivity index (χ0n) is 11.0. The number of halogens is 2. The van der Waals surface area contributed by atoms with Crippen LogP contribution in [0.5, 0.6) is 5.75 Å². The molecule has 0 fully saturated rings. The highest BCUT2D eigenvalue weighted by atomic mass is 79.9. The smallest absolute Gasteiger partial charge is 0.145 e. The van der Waals surface area contributed by atoms with E-state index in [0.29, 0.717) is 29.6 Å². The average molecular weight is 365 g/mol. The molecule has 0 radical (unpaired) electrons. The number of nitriles is 1. The van der Waals surface area contributed by atoms with Gasteiger partial charge in [-0.15, -0.1) is 0 Å². The maximum Gasteiger partial charge on any atom is 0.145 e. The summed E-state index contributed by atoms with van der Waals surface area (Å²) in [4.78, 5) is 4.16. The molecule has 0 saturated heterocycles. The third-order valence-corrected chi connectivity index (χ3v) is 3.99. The van der Waals surface area contributed by atoms with Crippen molar-refractivity contribution in [3.63, 3.8) is 0 Å². The van der Waals surface area contributed by atoms with Gasteiger partial charge in [0, 0.05) is 29.2 Å². The van der Waals surface area contributed by atoms with E-state index in [1.807, 2.05) is 12.1 Å². The second kappa shape index (κ2) is 5.92. The van der Waals surface area contributed by atoms with Crippen LogP contribution in [0.15, 0.2) is 28.9 Å². The van der Waals surface area contributed by atoms with Crippen molar-refractivity contribution in [1.82, 2.24) is 4.98 Å². The lowest BCUT2D eigenvalue weighted by Crippen LogP contribution is -2.04. The quantitative estimate of drug-likeness (QED) is 0.897. The van der Waals surface area contributed by atoms with Crippen molar-refractivity contribution >= 4 is 33.3 Å². The summed E-state index contributed by atoms with van der Waals surface area (Å²) >= 11 is 9.62. The predicted octanol–water partition coefficient (Wildman–Crippen LogP) is 3.92. The third-order valence-electron chi connectivity index (χ3n) is 3.24. The minimum absolute atomic E-state index is 0.432. The van der Waals surface area contributed by atoms with Gasteiger partial charge < -0.3 is 10.1 Å². The van der Waals surface area contributed by atoms with Crippen LogP contribution in [-0.4, -0.2) is 11.6 Å². The lowest BCUT2D eigenvalue weighted by molar-refractivity contribution is 0.354. The van der Waals surface area contributed by atoms with Gasteiger partial charge in [0.15, 0.2) is 0 Å². The van der Waals surface area contributed by atoms with Gasteiger partial charge in [-0.3, -0.25) is 0 Å². The number of rotatable bonds is 3. The summed E-state index contributed by atoms with van der Waals surface area (Å²) in [6.07, 6.45) is 2.42. The molecule has 0 saturated carbocycles. The number of aromatic nitrogens is 1. The molecular weight excluding hydrogens is 354 g/mol. The Kier molecular flexibility index (Phi) is 4.00. The van der Waals surface area contributed by atoms with Crippen molar-refractivity contribution in [3.8, 4) is 11.8 Å². The predicted molar refractivity (Wildman–Crippen MR) is 84.6 cm³/mol. The first-order valence-corrected chi connectivity index (χ1v) is 7.58. The Morgan fingerprint density at radius 2 is 2.29 bits per heavy atom. The van der Waals surface area contributed by atoms with Crippen LogP contribution in [0.1, 0.15) is 16.7 Å². The van der Waals surface area contributed by atoms with E-state index in [1.165, 1.54) is 11.8 Å². The fourth-order valence-corrected chi connectivity index (χ4v) is 3.07. The highest BCUT2D eigenvalue weighted by molar-refractivity contribution is 9.10. The molecule has 1 aliphatic heterocycles. The van der Waals surface area contributed by atoms with E-state index < -0.39 is 0 Å². The van der Waals surface area contributed by atoms with Gasteiger partial charge in [0.2, 0.25) is 0 Å². The molecule has 0 amide bonds. The molecule has 6 heteroatoms. The SMILES string of the molecule is N#Cc1cnc(NCc2cc(Br)cc3c2OCC3)c(Cl)c1. The Bertz CT molecular complexity index is 742. The Morgan fingerprint density at radius 1 is 1.43 bits per heavy atom. The van der Waals surface area contributed by atoms with Crippen LogP contribution >= 0.6 is 27.5 Å². The van der Waals surface area contributed by atoms with Crippen molar-refractivity contribution in [1.29, 1.82) is 5.26 Å². The topological polar surface area (TPSA) is 57.9 Å². The lowest BCUT2D eigenvalue weighted by atomic mass is 10.1. The molecule has 1 aromatic carbocycles. The molecular formula is C15H11BrClN3O. The van der Waals surface area contributed by atoms with Gasteiger partial charge >= 0.3 is 0 Å². The van der Waals surface area contributed by atoms with Crippen LogP contribution in [0, 0.1) is 11.3 Å². The van der Waals surface area contributed by atoms with Crippen molar-refractivity contribution in [2.75, 3.05) is 11.9 Å². The Balaban J connectivity index is 1.81. The lowest BCUT2D eigenvalue weighted by Gasteiger charge is -2.11. The molecule has 0 aliphatic carbocycles. The van der Waals surface area contributed by atoms with Crippen LogP contribution in [0.4, 0.5) is 5.82 Å². The molecule has 3 rings (SSSR count). The number of benzene rings is 1. The number of nitrogens with one attached hydrogen (secondary N) is 1. The second-order valence-electron chi connectivity index (χ2n) is 4.67. The summed E-state index contributed by atoms with van der Waals surface area (Å²) in [5, 5.41) is 12.4. The number of nitrogens with zero attached hydrogens (tertiary/aromatic N) is 2. The number of fused-ring (bicyclic) bond motifs is 1. The van der Waals surface area contributed by atoms with Gasteiger partial charge in [-0.2, -0.15) is 5.26 Å². The highest BCUT2D eigenvalue weighted by Gasteiger charge is 2.17. The maximum absolute atomic E-state index is 8.81. The second-order valence-corrected chi connectivity index (χ2v) is 5.99. The van der Waals surface area contributed by atoms with E-state index in [4.69, 9.17) is 21.6 Å². The van der Waals surface area contributed by atoms with E-state index in [0.717, 1.165) is 22.2 Å². The average Bonchev–Trinajstić information content (AvgIpc) is 2.93. The maximum atomic E-state index is 8.81. The Labute approximate surface area is 135 Å². The number of pyridine rings is 1. The molecule has 4 nitrogen and oxygen atoms in total. The fourth-order valence-electron chi connectivity index (χ4n) is 2.29. The normalized spacial score (nSPS) is 12.4. The first-order valence-electron chi connectivity index (χ1n) is 6.41. The fraction of sp³-hybridized carbons (Fsp3) is 0.200. The molecule has 106 valence electrons. The summed E-state index contributed by atoms with van der Waals surface area (Å²) in [6.45, 7) is 1.27. The van der Waals surface area contributed by atoms with Gasteiger partial charge in [0.1, 0.15) is 17.6 Å². The first-order chi connectivity index (χ1) is 10.2. The van der Waals surface area contributed by atoms with E-state index in [9.17, 15) is 0 Å². The van der Waals surface area contributed by atoms with Crippen LogP contribution in [-0.2, 0) is 13.0 Å². The van der Waals surface area contributed by atoms with Crippen LogP contribution in [0.2, 0.25) is 5.02 Å². The molecule has 1 aliphatic rings. The Hall–Kier alpha value is -1.77. The number of ether oxygens (including phenoxy) is 1. The van der Waals surface area contributed by atoms with Gasteiger partial charge in [-0.1, -0.05) is 27.5 Å². The van der Waals surface area contributed by atoms with Gasteiger partial charge in [-0.25, -0.2) is 4.98 Å². The number of anilines is 1. The van der Waals surface area contributed by atoms with Gasteiger partial charge in [-0.05, 0) is 23.8 Å². The van der Waals surface area contributed by atoms with Gasteiger partial charge in [0.25, 0.3) is 0 Å². The van der Waals surface area contributed by atoms with E-state index in [1.54, 1.807) is 6.07 Å². The summed E-state index contributed by atoms with van der Waals surface area (Å²) in [5.41, 5.74) is 2.70. The summed E-state index contributed by atoms with van der Waals surface area (Å²) in [6, 6.07) is 7.71. The van der Waals surface area contributed by atoms with Crippen molar-refractivity contribution in [3.05, 3.63) is 50.6 Å². The van der Waals surface area contributed by atoms with Crippen molar-refractivity contribution in [2.24, 2.45) is 0 Å². The molecule has 0 bridgehead atoms. The minimum atomic E-state index is 0.432. The van der Waals surface area contributed by atoms with E-state index >= 15 is 0 Å². The molecule has 2 aromatic rings. The van der Waals surface area contributed by atoms with Gasteiger partial charge in [0.05, 0.1) is 17.2 Å². The number of hydrogen-bond acceptors (Lipinski definition) is 4. The number of hydrogen-bond donors (Lipinski definition) is 1. The van der Waals surface area contributed by atoms with Crippen LogP contribution < -0.4 is 10.1 Å². The molecule has 0 unspecified atom stereocenters.